The summed E-state index contributed by atoms with van der Waals surface area (Å²) in [6, 6.07) is 0. The van der Waals surface area contributed by atoms with Crippen molar-refractivity contribution in [3.05, 3.63) is 36.5 Å². The highest BCUT2D eigenvalue weighted by Crippen LogP contribution is 2.12. The number of carboxylic acids is 1. The first kappa shape index (κ1) is 46.5. The molecule has 9 heteroatoms. The van der Waals surface area contributed by atoms with Crippen molar-refractivity contribution < 1.29 is 42.9 Å². The molecular weight excluding hydrogens is 622 g/mol. The van der Waals surface area contributed by atoms with Crippen LogP contribution >= 0.6 is 0 Å². The summed E-state index contributed by atoms with van der Waals surface area (Å²) in [4.78, 5) is 36.5. The second-order valence-electron chi connectivity index (χ2n) is 13.9. The van der Waals surface area contributed by atoms with Crippen LogP contribution in [0, 0.1) is 0 Å². The maximum Gasteiger partial charge on any atom is 0.306 e. The van der Waals surface area contributed by atoms with Crippen LogP contribution in [-0.4, -0.2) is 82.3 Å². The summed E-state index contributed by atoms with van der Waals surface area (Å²) < 4.78 is 22.3. The molecule has 0 aliphatic carbocycles. The first-order valence-corrected chi connectivity index (χ1v) is 19.1. The number of unbranched alkanes of at least 4 members (excludes halogenated alkanes) is 13. The normalized spacial score (nSPS) is 13.4. The summed E-state index contributed by atoms with van der Waals surface area (Å²) in [5.74, 6) is -2.32. The van der Waals surface area contributed by atoms with Crippen molar-refractivity contribution in [1.82, 2.24) is 0 Å². The number of carboxylic acid groups (broad SMARTS) is 1. The Morgan fingerprint density at radius 3 is 1.67 bits per heavy atom. The van der Waals surface area contributed by atoms with Gasteiger partial charge in [0.05, 0.1) is 40.3 Å². The molecule has 0 N–H and O–H groups in total. The second-order valence-corrected chi connectivity index (χ2v) is 13.9. The van der Waals surface area contributed by atoms with E-state index < -0.39 is 24.3 Å². The van der Waals surface area contributed by atoms with E-state index in [4.69, 9.17) is 18.9 Å². The predicted octanol–water partition coefficient (Wildman–Crippen LogP) is 7.77. The van der Waals surface area contributed by atoms with Crippen LogP contribution in [0.1, 0.15) is 142 Å². The highest BCUT2D eigenvalue weighted by atomic mass is 16.7. The number of aliphatic carboxylic acids is 1. The van der Waals surface area contributed by atoms with Gasteiger partial charge in [0.1, 0.15) is 13.2 Å². The van der Waals surface area contributed by atoms with Crippen molar-refractivity contribution in [3.63, 3.8) is 0 Å². The van der Waals surface area contributed by atoms with E-state index >= 15 is 0 Å². The average molecular weight is 694 g/mol. The van der Waals surface area contributed by atoms with Gasteiger partial charge in [-0.1, -0.05) is 115 Å². The van der Waals surface area contributed by atoms with Gasteiger partial charge in [0.15, 0.2) is 12.4 Å². The zero-order valence-electron chi connectivity index (χ0n) is 31.8. The highest BCUT2D eigenvalue weighted by molar-refractivity contribution is 5.70. The predicted molar refractivity (Wildman–Crippen MR) is 196 cm³/mol. The molecule has 0 saturated heterocycles. The summed E-state index contributed by atoms with van der Waals surface area (Å²) in [5, 5.41) is 11.6. The maximum absolute atomic E-state index is 12.6. The van der Waals surface area contributed by atoms with Crippen molar-refractivity contribution in [3.8, 4) is 0 Å². The van der Waals surface area contributed by atoms with Crippen LogP contribution in [0.25, 0.3) is 0 Å². The molecule has 0 fully saturated rings. The molecule has 284 valence electrons. The number of likely N-dealkylation sites (N-methyl/N-ethyl adjacent to an activating group) is 1. The SMILES string of the molecule is CCCCC/C=C\C/C=C\C/C=C\CCCCCCCCC(=O)OC(COC(=O)CCCCCCC)COC(OCC[N+](C)(C)C)C(=O)[O-]. The number of esters is 2. The summed E-state index contributed by atoms with van der Waals surface area (Å²) in [7, 11) is 5.88. The molecule has 2 unspecified atom stereocenters. The molecule has 0 rings (SSSR count). The fourth-order valence-electron chi connectivity index (χ4n) is 4.83. The molecule has 2 atom stereocenters. The van der Waals surface area contributed by atoms with Gasteiger partial charge < -0.3 is 33.3 Å². The molecule has 0 spiro atoms. The minimum absolute atomic E-state index is 0.144. The topological polar surface area (TPSA) is 111 Å². The van der Waals surface area contributed by atoms with E-state index in [1.54, 1.807) is 0 Å². The van der Waals surface area contributed by atoms with E-state index in [0.717, 1.165) is 83.5 Å². The number of hydrogen-bond donors (Lipinski definition) is 0. The van der Waals surface area contributed by atoms with Crippen LogP contribution in [0.15, 0.2) is 36.5 Å². The Bertz CT molecular complexity index is 908. The lowest BCUT2D eigenvalue weighted by Crippen LogP contribution is -2.44. The third-order valence-electron chi connectivity index (χ3n) is 7.89. The zero-order chi connectivity index (χ0) is 36.4. The molecule has 0 saturated carbocycles. The Morgan fingerprint density at radius 2 is 1.10 bits per heavy atom. The van der Waals surface area contributed by atoms with E-state index in [2.05, 4.69) is 50.3 Å². The number of hydrogen-bond acceptors (Lipinski definition) is 8. The van der Waals surface area contributed by atoms with Crippen molar-refractivity contribution in [2.75, 3.05) is 47.5 Å². The van der Waals surface area contributed by atoms with Gasteiger partial charge in [-0.2, -0.15) is 0 Å². The standard InChI is InChI=1S/C40H71NO8/c1-6-8-10-12-13-14-15-16-17-18-19-20-21-22-23-24-25-27-29-31-38(43)49-36(34-47-37(42)30-28-26-11-9-7-2)35-48-40(39(44)45)46-33-32-41(3,4)5/h13-14,16-17,19-20,36,40H,6-12,15,18,21-35H2,1-5H3/b14-13-,17-16-,20-19-. The first-order chi connectivity index (χ1) is 23.6. The molecule has 0 amide bonds. The van der Waals surface area contributed by atoms with Gasteiger partial charge in [0.25, 0.3) is 0 Å². The number of rotatable bonds is 34. The van der Waals surface area contributed by atoms with E-state index in [0.29, 0.717) is 17.4 Å². The Morgan fingerprint density at radius 1 is 0.612 bits per heavy atom. The third-order valence-corrected chi connectivity index (χ3v) is 7.89. The Balaban J connectivity index is 4.40. The van der Waals surface area contributed by atoms with Crippen LogP contribution in [-0.2, 0) is 33.3 Å². The number of ether oxygens (including phenoxy) is 4. The number of quaternary nitrogens is 1. The summed E-state index contributed by atoms with van der Waals surface area (Å²) in [5.41, 5.74) is 0. The molecule has 9 nitrogen and oxygen atoms in total. The van der Waals surface area contributed by atoms with Gasteiger partial charge in [-0.15, -0.1) is 0 Å². The number of carbonyl (C=O) groups excluding carboxylic acids is 3. The summed E-state index contributed by atoms with van der Waals surface area (Å²) in [6.07, 6.45) is 30.7. The average Bonchev–Trinajstić information content (AvgIpc) is 3.05. The molecule has 0 aliphatic heterocycles. The third kappa shape index (κ3) is 33.8. The Kier molecular flexibility index (Phi) is 31.0. The largest absolute Gasteiger partial charge is 0.545 e. The van der Waals surface area contributed by atoms with Crippen LogP contribution in [0.4, 0.5) is 0 Å². The van der Waals surface area contributed by atoms with E-state index in [1.807, 2.05) is 21.1 Å². The number of nitrogens with zero attached hydrogens (tertiary/aromatic N) is 1. The van der Waals surface area contributed by atoms with Gasteiger partial charge in [-0.3, -0.25) is 9.59 Å². The van der Waals surface area contributed by atoms with E-state index in [9.17, 15) is 19.5 Å². The molecular formula is C40H71NO8. The van der Waals surface area contributed by atoms with Gasteiger partial charge in [0.2, 0.25) is 0 Å². The minimum Gasteiger partial charge on any atom is -0.545 e. The number of carbonyl (C=O) groups is 3. The fraction of sp³-hybridized carbons (Fsp3) is 0.775. The van der Waals surface area contributed by atoms with Crippen molar-refractivity contribution >= 4 is 17.9 Å². The highest BCUT2D eigenvalue weighted by Gasteiger charge is 2.21. The van der Waals surface area contributed by atoms with Gasteiger partial charge in [0, 0.05) is 12.8 Å². The summed E-state index contributed by atoms with van der Waals surface area (Å²) in [6.45, 7) is 4.57. The van der Waals surface area contributed by atoms with Crippen molar-refractivity contribution in [1.29, 1.82) is 0 Å². The second kappa shape index (κ2) is 32.7. The van der Waals surface area contributed by atoms with Crippen molar-refractivity contribution in [2.45, 2.75) is 155 Å². The van der Waals surface area contributed by atoms with Gasteiger partial charge in [-0.05, 0) is 51.4 Å². The van der Waals surface area contributed by atoms with Crippen LogP contribution in [0.3, 0.4) is 0 Å². The van der Waals surface area contributed by atoms with Crippen molar-refractivity contribution in [2.24, 2.45) is 0 Å². The maximum atomic E-state index is 12.6. The van der Waals surface area contributed by atoms with Crippen LogP contribution in [0.2, 0.25) is 0 Å². The van der Waals surface area contributed by atoms with Crippen LogP contribution < -0.4 is 5.11 Å². The molecule has 0 bridgehead atoms. The van der Waals surface area contributed by atoms with E-state index in [1.165, 1.54) is 25.7 Å². The monoisotopic (exact) mass is 694 g/mol. The zero-order valence-corrected chi connectivity index (χ0v) is 31.8. The molecule has 0 aromatic heterocycles. The molecule has 49 heavy (non-hydrogen) atoms. The molecule has 0 aliphatic rings. The smallest absolute Gasteiger partial charge is 0.306 e. The summed E-state index contributed by atoms with van der Waals surface area (Å²) >= 11 is 0. The quantitative estimate of drug-likeness (QED) is 0.0221. The molecule has 0 heterocycles. The van der Waals surface area contributed by atoms with E-state index in [-0.39, 0.29) is 38.6 Å². The van der Waals surface area contributed by atoms with Gasteiger partial charge in [-0.25, -0.2) is 0 Å². The first-order valence-electron chi connectivity index (χ1n) is 19.1. The number of allylic oxidation sites excluding steroid dienone is 6. The lowest BCUT2D eigenvalue weighted by atomic mass is 10.1. The molecule has 0 radical (unpaired) electrons. The minimum atomic E-state index is -1.62. The van der Waals surface area contributed by atoms with Crippen LogP contribution in [0.5, 0.6) is 0 Å². The lowest BCUT2D eigenvalue weighted by Gasteiger charge is -2.26. The Hall–Kier alpha value is -2.49. The lowest BCUT2D eigenvalue weighted by molar-refractivity contribution is -0.870. The Labute approximate surface area is 299 Å². The fourth-order valence-corrected chi connectivity index (χ4v) is 4.83. The molecule has 0 aromatic carbocycles. The van der Waals surface area contributed by atoms with Gasteiger partial charge >= 0.3 is 11.9 Å². The molecule has 0 aromatic rings.